The van der Waals surface area contributed by atoms with Gasteiger partial charge in [-0.25, -0.2) is 4.98 Å². The van der Waals surface area contributed by atoms with E-state index in [1.165, 1.54) is 38.8 Å². The van der Waals surface area contributed by atoms with E-state index in [2.05, 4.69) is 31.1 Å². The number of anilines is 2. The first kappa shape index (κ1) is 12.2. The molecule has 18 heavy (non-hydrogen) atoms. The minimum absolute atomic E-state index is 0.539. The summed E-state index contributed by atoms with van der Waals surface area (Å²) in [5.41, 5.74) is 6.40. The lowest BCUT2D eigenvalue weighted by atomic mass is 9.97. The van der Waals surface area contributed by atoms with Gasteiger partial charge in [0.15, 0.2) is 0 Å². The first-order valence-electron chi connectivity index (χ1n) is 6.64. The molecule has 2 aliphatic rings. The second-order valence-electron chi connectivity index (χ2n) is 5.30. The molecule has 0 aromatic carbocycles. The number of hydrogen-bond donors (Lipinski definition) is 2. The second-order valence-corrected chi connectivity index (χ2v) is 6.15. The number of pyridine rings is 1. The largest absolute Gasteiger partial charge is 0.397 e. The van der Waals surface area contributed by atoms with Crippen LogP contribution in [0.4, 0.5) is 11.5 Å². The Morgan fingerprint density at radius 3 is 3.11 bits per heavy atom. The summed E-state index contributed by atoms with van der Waals surface area (Å²) in [6.45, 7) is 2.51. The van der Waals surface area contributed by atoms with E-state index in [0.29, 0.717) is 11.7 Å². The first-order valence-corrected chi connectivity index (χ1v) is 7.43. The van der Waals surface area contributed by atoms with E-state index in [1.807, 2.05) is 6.07 Å². The van der Waals surface area contributed by atoms with Gasteiger partial charge in [-0.2, -0.15) is 0 Å². The van der Waals surface area contributed by atoms with Crippen LogP contribution in [0.5, 0.6) is 0 Å². The van der Waals surface area contributed by atoms with Crippen LogP contribution in [0.1, 0.15) is 25.7 Å². The standard InChI is InChI=1S/C13H19BrN4/c14-12-6-9(15)8-16-13(12)17-10-3-5-18-4-1-2-11(18)7-10/h6,8,10-11H,1-5,7,15H2,(H,16,17). The lowest BCUT2D eigenvalue weighted by molar-refractivity contribution is 0.188. The zero-order valence-electron chi connectivity index (χ0n) is 10.4. The molecule has 5 heteroatoms. The fourth-order valence-corrected chi connectivity index (χ4v) is 3.59. The quantitative estimate of drug-likeness (QED) is 0.881. The highest BCUT2D eigenvalue weighted by Gasteiger charge is 2.31. The van der Waals surface area contributed by atoms with Gasteiger partial charge in [0.2, 0.25) is 0 Å². The van der Waals surface area contributed by atoms with E-state index >= 15 is 0 Å². The number of rotatable bonds is 2. The van der Waals surface area contributed by atoms with Crippen LogP contribution in [0.15, 0.2) is 16.7 Å². The summed E-state index contributed by atoms with van der Waals surface area (Å²) >= 11 is 3.51. The van der Waals surface area contributed by atoms with E-state index < -0.39 is 0 Å². The molecule has 2 saturated heterocycles. The number of nitrogens with two attached hydrogens (primary N) is 1. The third-order valence-corrected chi connectivity index (χ3v) is 4.63. The molecule has 3 N–H and O–H groups in total. The maximum atomic E-state index is 5.70. The van der Waals surface area contributed by atoms with Gasteiger partial charge in [-0.15, -0.1) is 0 Å². The van der Waals surface area contributed by atoms with Crippen molar-refractivity contribution in [1.29, 1.82) is 0 Å². The van der Waals surface area contributed by atoms with Crippen LogP contribution in [0, 0.1) is 0 Å². The molecule has 2 atom stereocenters. The Labute approximate surface area is 116 Å². The molecule has 2 aliphatic heterocycles. The Bertz CT molecular complexity index is 437. The molecule has 1 aromatic heterocycles. The molecule has 0 saturated carbocycles. The number of piperidine rings is 1. The van der Waals surface area contributed by atoms with Gasteiger partial charge >= 0.3 is 0 Å². The number of nitrogens with one attached hydrogen (secondary N) is 1. The van der Waals surface area contributed by atoms with Crippen molar-refractivity contribution in [3.63, 3.8) is 0 Å². The van der Waals surface area contributed by atoms with E-state index in [9.17, 15) is 0 Å². The number of hydrogen-bond acceptors (Lipinski definition) is 4. The molecule has 98 valence electrons. The van der Waals surface area contributed by atoms with E-state index in [0.717, 1.165) is 16.3 Å². The number of aromatic nitrogens is 1. The molecule has 0 amide bonds. The van der Waals surface area contributed by atoms with Gasteiger partial charge in [-0.3, -0.25) is 0 Å². The summed E-state index contributed by atoms with van der Waals surface area (Å²) in [5.74, 6) is 0.917. The van der Waals surface area contributed by atoms with Crippen LogP contribution < -0.4 is 11.1 Å². The highest BCUT2D eigenvalue weighted by Crippen LogP contribution is 2.30. The third-order valence-electron chi connectivity index (χ3n) is 4.02. The van der Waals surface area contributed by atoms with Crippen LogP contribution in [-0.2, 0) is 0 Å². The minimum atomic E-state index is 0.539. The van der Waals surface area contributed by atoms with Crippen molar-refractivity contribution in [2.45, 2.75) is 37.8 Å². The molecule has 2 unspecified atom stereocenters. The summed E-state index contributed by atoms with van der Waals surface area (Å²) in [7, 11) is 0. The summed E-state index contributed by atoms with van der Waals surface area (Å²) in [6.07, 6.45) is 6.86. The van der Waals surface area contributed by atoms with Crippen molar-refractivity contribution >= 4 is 27.4 Å². The van der Waals surface area contributed by atoms with Crippen molar-refractivity contribution in [2.24, 2.45) is 0 Å². The van der Waals surface area contributed by atoms with Crippen LogP contribution >= 0.6 is 15.9 Å². The number of nitrogens with zero attached hydrogens (tertiary/aromatic N) is 2. The zero-order valence-corrected chi connectivity index (χ0v) is 12.0. The Kier molecular flexibility index (Phi) is 3.43. The topological polar surface area (TPSA) is 54.2 Å². The highest BCUT2D eigenvalue weighted by atomic mass is 79.9. The Morgan fingerprint density at radius 1 is 1.39 bits per heavy atom. The smallest absolute Gasteiger partial charge is 0.140 e. The van der Waals surface area contributed by atoms with Gasteiger partial charge < -0.3 is 16.0 Å². The average molecular weight is 311 g/mol. The monoisotopic (exact) mass is 310 g/mol. The summed E-state index contributed by atoms with van der Waals surface area (Å²) < 4.78 is 0.955. The Balaban J connectivity index is 1.66. The maximum Gasteiger partial charge on any atom is 0.140 e. The van der Waals surface area contributed by atoms with Gasteiger partial charge in [-0.1, -0.05) is 0 Å². The Hall–Kier alpha value is -0.810. The van der Waals surface area contributed by atoms with E-state index in [1.54, 1.807) is 6.20 Å². The molecule has 0 spiro atoms. The molecule has 0 bridgehead atoms. The minimum Gasteiger partial charge on any atom is -0.397 e. The zero-order chi connectivity index (χ0) is 12.5. The molecular formula is C13H19BrN4. The van der Waals surface area contributed by atoms with Crippen molar-refractivity contribution in [3.8, 4) is 0 Å². The maximum absolute atomic E-state index is 5.70. The predicted octanol–water partition coefficient (Wildman–Crippen LogP) is 2.47. The molecule has 2 fully saturated rings. The molecule has 1 aromatic rings. The van der Waals surface area contributed by atoms with Crippen LogP contribution in [-0.4, -0.2) is 35.1 Å². The summed E-state index contributed by atoms with van der Waals surface area (Å²) in [5, 5.41) is 3.55. The lowest BCUT2D eigenvalue weighted by Gasteiger charge is -2.35. The van der Waals surface area contributed by atoms with Crippen molar-refractivity contribution < 1.29 is 0 Å². The lowest BCUT2D eigenvalue weighted by Crippen LogP contribution is -2.42. The van der Waals surface area contributed by atoms with Gasteiger partial charge in [0, 0.05) is 18.6 Å². The van der Waals surface area contributed by atoms with Crippen LogP contribution in [0.2, 0.25) is 0 Å². The second kappa shape index (κ2) is 5.05. The van der Waals surface area contributed by atoms with Gasteiger partial charge in [0.1, 0.15) is 5.82 Å². The fraction of sp³-hybridized carbons (Fsp3) is 0.615. The van der Waals surface area contributed by atoms with E-state index in [4.69, 9.17) is 5.73 Å². The number of halogens is 1. The van der Waals surface area contributed by atoms with E-state index in [-0.39, 0.29) is 0 Å². The third kappa shape index (κ3) is 2.47. The molecular weight excluding hydrogens is 292 g/mol. The number of nitrogen functional groups attached to an aromatic ring is 1. The normalized spacial score (nSPS) is 28.1. The fourth-order valence-electron chi connectivity index (χ4n) is 3.11. The molecule has 4 nitrogen and oxygen atoms in total. The predicted molar refractivity (Wildman–Crippen MR) is 77.6 cm³/mol. The van der Waals surface area contributed by atoms with Crippen molar-refractivity contribution in [2.75, 3.05) is 24.1 Å². The van der Waals surface area contributed by atoms with Crippen LogP contribution in [0.25, 0.3) is 0 Å². The van der Waals surface area contributed by atoms with Crippen molar-refractivity contribution in [1.82, 2.24) is 9.88 Å². The van der Waals surface area contributed by atoms with Gasteiger partial charge in [0.25, 0.3) is 0 Å². The van der Waals surface area contributed by atoms with Gasteiger partial charge in [0.05, 0.1) is 16.4 Å². The van der Waals surface area contributed by atoms with Crippen molar-refractivity contribution in [3.05, 3.63) is 16.7 Å². The summed E-state index contributed by atoms with van der Waals surface area (Å²) in [4.78, 5) is 6.99. The molecule has 3 rings (SSSR count). The molecule has 3 heterocycles. The first-order chi connectivity index (χ1) is 8.72. The van der Waals surface area contributed by atoms with Crippen LogP contribution in [0.3, 0.4) is 0 Å². The molecule has 0 radical (unpaired) electrons. The highest BCUT2D eigenvalue weighted by molar-refractivity contribution is 9.10. The molecule has 0 aliphatic carbocycles. The Morgan fingerprint density at radius 2 is 2.28 bits per heavy atom. The summed E-state index contributed by atoms with van der Waals surface area (Å²) in [6, 6.07) is 3.22. The van der Waals surface area contributed by atoms with Gasteiger partial charge in [-0.05, 0) is 54.2 Å². The average Bonchev–Trinajstić information content (AvgIpc) is 2.80. The number of fused-ring (bicyclic) bond motifs is 1. The SMILES string of the molecule is Nc1cnc(NC2CCN3CCCC3C2)c(Br)c1.